The van der Waals surface area contributed by atoms with E-state index in [4.69, 9.17) is 4.74 Å². The van der Waals surface area contributed by atoms with E-state index in [9.17, 15) is 15.3 Å². The lowest BCUT2D eigenvalue weighted by Gasteiger charge is -2.68. The van der Waals surface area contributed by atoms with Crippen LogP contribution in [0.4, 0.5) is 0 Å². The molecule has 3 fully saturated rings. The van der Waals surface area contributed by atoms with Gasteiger partial charge >= 0.3 is 0 Å². The van der Waals surface area contributed by atoms with Crippen molar-refractivity contribution >= 4 is 0 Å². The molecule has 1 aliphatic heterocycles. The first-order valence-electron chi connectivity index (χ1n) is 9.30. The Morgan fingerprint density at radius 3 is 2.25 bits per heavy atom. The lowest BCUT2D eigenvalue weighted by atomic mass is 9.42. The van der Waals surface area contributed by atoms with E-state index in [1.807, 2.05) is 13.8 Å². The molecule has 0 amide bonds. The van der Waals surface area contributed by atoms with Gasteiger partial charge in [0.15, 0.2) is 0 Å². The Morgan fingerprint density at radius 2 is 1.67 bits per heavy atom. The van der Waals surface area contributed by atoms with Crippen LogP contribution in [0.15, 0.2) is 12.7 Å². The third-order valence-corrected chi connectivity index (χ3v) is 7.79. The van der Waals surface area contributed by atoms with Gasteiger partial charge in [0, 0.05) is 0 Å². The second-order valence-corrected chi connectivity index (χ2v) is 9.74. The van der Waals surface area contributed by atoms with Crippen LogP contribution in [0, 0.1) is 22.7 Å². The topological polar surface area (TPSA) is 69.9 Å². The van der Waals surface area contributed by atoms with Crippen LogP contribution < -0.4 is 0 Å². The summed E-state index contributed by atoms with van der Waals surface area (Å²) in [4.78, 5) is 0. The van der Waals surface area contributed by atoms with Crippen molar-refractivity contribution in [1.29, 1.82) is 0 Å². The Labute approximate surface area is 145 Å². The Morgan fingerprint density at radius 1 is 1.04 bits per heavy atom. The van der Waals surface area contributed by atoms with Gasteiger partial charge in [0.25, 0.3) is 0 Å². The van der Waals surface area contributed by atoms with Crippen LogP contribution in [-0.2, 0) is 4.74 Å². The van der Waals surface area contributed by atoms with Gasteiger partial charge in [0.1, 0.15) is 11.7 Å². The van der Waals surface area contributed by atoms with Gasteiger partial charge in [0.05, 0.1) is 17.8 Å². The molecule has 0 unspecified atom stereocenters. The summed E-state index contributed by atoms with van der Waals surface area (Å²) < 4.78 is 6.31. The fraction of sp³-hybridized carbons (Fsp3) is 0.900. The first-order valence-corrected chi connectivity index (χ1v) is 9.30. The third-order valence-electron chi connectivity index (χ3n) is 7.79. The summed E-state index contributed by atoms with van der Waals surface area (Å²) in [6.45, 7) is 14.1. The van der Waals surface area contributed by atoms with E-state index in [-0.39, 0.29) is 22.7 Å². The summed E-state index contributed by atoms with van der Waals surface area (Å²) in [5.41, 5.74) is -2.00. The highest BCUT2D eigenvalue weighted by Gasteiger charge is 2.69. The molecule has 2 saturated carbocycles. The molecule has 24 heavy (non-hydrogen) atoms. The molecule has 2 aliphatic carbocycles. The predicted molar refractivity (Wildman–Crippen MR) is 93.4 cm³/mol. The molecule has 1 saturated heterocycles. The van der Waals surface area contributed by atoms with Gasteiger partial charge in [-0.25, -0.2) is 0 Å². The smallest absolute Gasteiger partial charge is 0.110 e. The van der Waals surface area contributed by atoms with Gasteiger partial charge in [-0.3, -0.25) is 0 Å². The number of fused-ring (bicyclic) bond motifs is 3. The van der Waals surface area contributed by atoms with Gasteiger partial charge in [-0.05, 0) is 55.8 Å². The zero-order valence-corrected chi connectivity index (χ0v) is 15.7. The number of hydrogen-bond acceptors (Lipinski definition) is 4. The molecule has 3 N–H and O–H groups in total. The molecule has 4 nitrogen and oxygen atoms in total. The molecule has 0 spiro atoms. The molecule has 0 aromatic heterocycles. The highest BCUT2D eigenvalue weighted by atomic mass is 16.6. The number of aliphatic hydroxyl groups is 3. The second-order valence-electron chi connectivity index (χ2n) is 9.74. The summed E-state index contributed by atoms with van der Waals surface area (Å²) in [5, 5.41) is 32.8. The van der Waals surface area contributed by atoms with E-state index in [0.29, 0.717) is 6.42 Å². The Kier molecular flexibility index (Phi) is 4.05. The minimum atomic E-state index is -0.968. The maximum absolute atomic E-state index is 11.1. The van der Waals surface area contributed by atoms with Crippen LogP contribution in [0.5, 0.6) is 0 Å². The minimum absolute atomic E-state index is 0.00370. The quantitative estimate of drug-likeness (QED) is 0.643. The standard InChI is InChI=1S/C20H34O4/c1-7-19(5)13(21)11-12-18(4)10-8-9-17(2,3)15(18)14(22)16(23)20(12,6)24-19/h7,12-16,21-23H,1,8-11H2,2-6H3/t12-,13+,14-,15+,16+,18-,19-,20+/m1/s1. The van der Waals surface area contributed by atoms with Crippen molar-refractivity contribution in [3.63, 3.8) is 0 Å². The fourth-order valence-electron chi connectivity index (χ4n) is 6.57. The molecule has 0 aromatic rings. The molecule has 4 heteroatoms. The van der Waals surface area contributed by atoms with Gasteiger partial charge in [-0.1, -0.05) is 33.3 Å². The zero-order valence-electron chi connectivity index (χ0n) is 15.7. The normalized spacial score (nSPS) is 56.9. The fourth-order valence-corrected chi connectivity index (χ4v) is 6.57. The summed E-state index contributed by atoms with van der Waals surface area (Å²) in [5.74, 6) is -0.00767. The van der Waals surface area contributed by atoms with Crippen molar-refractivity contribution in [1.82, 2.24) is 0 Å². The molecule has 3 rings (SSSR count). The highest BCUT2D eigenvalue weighted by Crippen LogP contribution is 2.65. The maximum atomic E-state index is 11.1. The molecule has 0 aromatic carbocycles. The Bertz CT molecular complexity index is 532. The third kappa shape index (κ3) is 2.19. The van der Waals surface area contributed by atoms with E-state index in [2.05, 4.69) is 27.4 Å². The zero-order chi connectivity index (χ0) is 18.1. The highest BCUT2D eigenvalue weighted by molar-refractivity contribution is 5.19. The largest absolute Gasteiger partial charge is 0.390 e. The van der Waals surface area contributed by atoms with E-state index in [0.717, 1.165) is 19.3 Å². The first-order chi connectivity index (χ1) is 10.9. The van der Waals surface area contributed by atoms with Crippen LogP contribution in [0.25, 0.3) is 0 Å². The molecule has 3 aliphatic rings. The SMILES string of the molecule is C=C[C@@]1(C)O[C@@]2(C)[C@H](C[C@@H]1O)[C@@]1(C)CCCC(C)(C)[C@@H]1[C@@H](O)[C@@H]2O. The van der Waals surface area contributed by atoms with E-state index < -0.39 is 29.5 Å². The van der Waals surface area contributed by atoms with Crippen LogP contribution in [-0.4, -0.2) is 44.8 Å². The number of rotatable bonds is 1. The minimum Gasteiger partial charge on any atom is -0.390 e. The van der Waals surface area contributed by atoms with Crippen molar-refractivity contribution in [2.24, 2.45) is 22.7 Å². The molecule has 138 valence electrons. The molecular weight excluding hydrogens is 304 g/mol. The summed E-state index contributed by atoms with van der Waals surface area (Å²) in [6.07, 6.45) is 2.88. The van der Waals surface area contributed by atoms with Crippen molar-refractivity contribution in [2.75, 3.05) is 0 Å². The van der Waals surface area contributed by atoms with Gasteiger partial charge in [-0.2, -0.15) is 0 Å². The van der Waals surface area contributed by atoms with Crippen LogP contribution >= 0.6 is 0 Å². The van der Waals surface area contributed by atoms with E-state index >= 15 is 0 Å². The molecule has 1 heterocycles. The van der Waals surface area contributed by atoms with Crippen LogP contribution in [0.1, 0.15) is 60.3 Å². The molecular formula is C20H34O4. The molecule has 0 radical (unpaired) electrons. The predicted octanol–water partition coefficient (Wildman–Crippen LogP) is 2.66. The summed E-state index contributed by atoms with van der Waals surface area (Å²) in [6, 6.07) is 0. The lowest BCUT2D eigenvalue weighted by molar-refractivity contribution is -0.336. The van der Waals surface area contributed by atoms with Gasteiger partial charge in [0.2, 0.25) is 0 Å². The van der Waals surface area contributed by atoms with E-state index in [1.165, 1.54) is 0 Å². The summed E-state index contributed by atoms with van der Waals surface area (Å²) >= 11 is 0. The van der Waals surface area contributed by atoms with Crippen molar-refractivity contribution in [3.8, 4) is 0 Å². The summed E-state index contributed by atoms with van der Waals surface area (Å²) in [7, 11) is 0. The Balaban J connectivity index is 2.10. The van der Waals surface area contributed by atoms with E-state index in [1.54, 1.807) is 6.08 Å². The van der Waals surface area contributed by atoms with Crippen LogP contribution in [0.2, 0.25) is 0 Å². The average molecular weight is 338 g/mol. The van der Waals surface area contributed by atoms with Crippen molar-refractivity contribution < 1.29 is 20.1 Å². The monoisotopic (exact) mass is 338 g/mol. The number of ether oxygens (including phenoxy) is 1. The van der Waals surface area contributed by atoms with Gasteiger partial charge in [-0.15, -0.1) is 6.58 Å². The molecule has 0 bridgehead atoms. The number of hydrogen-bond donors (Lipinski definition) is 3. The van der Waals surface area contributed by atoms with Crippen LogP contribution in [0.3, 0.4) is 0 Å². The van der Waals surface area contributed by atoms with Gasteiger partial charge < -0.3 is 20.1 Å². The molecule has 8 atom stereocenters. The van der Waals surface area contributed by atoms with Crippen molar-refractivity contribution in [3.05, 3.63) is 12.7 Å². The maximum Gasteiger partial charge on any atom is 0.110 e. The average Bonchev–Trinajstić information content (AvgIpc) is 2.47. The first kappa shape index (κ1) is 18.4. The Hall–Kier alpha value is -0.420. The number of aliphatic hydroxyl groups excluding tert-OH is 3. The second kappa shape index (κ2) is 5.29. The van der Waals surface area contributed by atoms with Crippen molar-refractivity contribution in [2.45, 2.75) is 89.8 Å². The lowest BCUT2D eigenvalue weighted by Crippen LogP contribution is -2.74.